The first kappa shape index (κ1) is 13.8. The van der Waals surface area contributed by atoms with E-state index in [2.05, 4.69) is 15.5 Å². The van der Waals surface area contributed by atoms with Gasteiger partial charge >= 0.3 is 6.18 Å². The summed E-state index contributed by atoms with van der Waals surface area (Å²) in [6, 6.07) is 9.70. The molecule has 0 aliphatic carbocycles. The van der Waals surface area contributed by atoms with Gasteiger partial charge in [-0.2, -0.15) is 13.2 Å². The van der Waals surface area contributed by atoms with E-state index in [1.54, 1.807) is 0 Å². The van der Waals surface area contributed by atoms with E-state index in [1.165, 1.54) is 0 Å². The van der Waals surface area contributed by atoms with Crippen molar-refractivity contribution in [1.82, 2.24) is 10.2 Å². The molecule has 0 saturated heterocycles. The van der Waals surface area contributed by atoms with E-state index in [-0.39, 0.29) is 11.2 Å². The first-order valence-electron chi connectivity index (χ1n) is 5.66. The Balaban J connectivity index is 1.96. The zero-order valence-corrected chi connectivity index (χ0v) is 10.9. The fourth-order valence-electron chi connectivity index (χ4n) is 1.63. The highest BCUT2D eigenvalue weighted by atomic mass is 32.1. The summed E-state index contributed by atoms with van der Waals surface area (Å²) in [6.07, 6.45) is -3.72. The Bertz CT molecular complexity index is 525. The minimum Gasteiger partial charge on any atom is -0.357 e. The molecule has 0 amide bonds. The van der Waals surface area contributed by atoms with Crippen LogP contribution in [0.5, 0.6) is 0 Å². The maximum atomic E-state index is 12.4. The molecule has 1 N–H and O–H groups in total. The number of benzene rings is 1. The van der Waals surface area contributed by atoms with Gasteiger partial charge < -0.3 is 5.32 Å². The molecule has 1 heterocycles. The summed E-state index contributed by atoms with van der Waals surface area (Å²) in [6.45, 7) is 1.89. The minimum absolute atomic E-state index is 0.0172. The van der Waals surface area contributed by atoms with Gasteiger partial charge in [0.05, 0.1) is 0 Å². The third-order valence-electron chi connectivity index (χ3n) is 2.42. The number of hydrogen-bond acceptors (Lipinski definition) is 4. The smallest absolute Gasteiger partial charge is 0.357 e. The second kappa shape index (κ2) is 5.56. The largest absolute Gasteiger partial charge is 0.445 e. The molecule has 1 atom stereocenters. The maximum absolute atomic E-state index is 12.4. The van der Waals surface area contributed by atoms with E-state index >= 15 is 0 Å². The number of anilines is 1. The molecular weight excluding hydrogens is 275 g/mol. The van der Waals surface area contributed by atoms with Gasteiger partial charge in [0, 0.05) is 6.04 Å². The molecule has 0 aliphatic rings. The van der Waals surface area contributed by atoms with Crippen LogP contribution in [-0.4, -0.2) is 16.2 Å². The van der Waals surface area contributed by atoms with Crippen molar-refractivity contribution in [1.29, 1.82) is 0 Å². The molecule has 7 heteroatoms. The Kier molecular flexibility index (Phi) is 4.04. The van der Waals surface area contributed by atoms with Crippen LogP contribution in [0.3, 0.4) is 0 Å². The van der Waals surface area contributed by atoms with E-state index in [9.17, 15) is 13.2 Å². The van der Waals surface area contributed by atoms with Crippen molar-refractivity contribution >= 4 is 16.5 Å². The zero-order chi connectivity index (χ0) is 13.9. The van der Waals surface area contributed by atoms with Crippen molar-refractivity contribution < 1.29 is 13.2 Å². The van der Waals surface area contributed by atoms with E-state index in [0.29, 0.717) is 17.8 Å². The molecule has 0 radical (unpaired) electrons. The highest BCUT2D eigenvalue weighted by Gasteiger charge is 2.35. The molecule has 0 fully saturated rings. The Morgan fingerprint density at radius 3 is 2.47 bits per heavy atom. The molecule has 19 heavy (non-hydrogen) atoms. The standard InChI is InChI=1S/C12H12F3N3S/c1-8(7-9-5-3-2-4-6-9)16-11-18-17-10(19-11)12(13,14)15/h2-6,8H,7H2,1H3,(H,16,18). The van der Waals surface area contributed by atoms with Crippen LogP contribution < -0.4 is 5.32 Å². The van der Waals surface area contributed by atoms with Gasteiger partial charge in [-0.15, -0.1) is 10.2 Å². The number of hydrogen-bond donors (Lipinski definition) is 1. The van der Waals surface area contributed by atoms with Crippen LogP contribution in [0.2, 0.25) is 0 Å². The topological polar surface area (TPSA) is 37.8 Å². The predicted octanol–water partition coefficient (Wildman–Crippen LogP) is 3.60. The van der Waals surface area contributed by atoms with Crippen LogP contribution in [0.25, 0.3) is 0 Å². The third kappa shape index (κ3) is 3.92. The first-order chi connectivity index (χ1) is 8.95. The summed E-state index contributed by atoms with van der Waals surface area (Å²) in [4.78, 5) is 0. The molecule has 3 nitrogen and oxygen atoms in total. The molecule has 2 aromatic rings. The van der Waals surface area contributed by atoms with Crippen molar-refractivity contribution in [3.05, 3.63) is 40.9 Å². The summed E-state index contributed by atoms with van der Waals surface area (Å²) in [5.74, 6) is 0. The van der Waals surface area contributed by atoms with E-state index in [1.807, 2.05) is 37.3 Å². The molecular formula is C12H12F3N3S. The monoisotopic (exact) mass is 287 g/mol. The zero-order valence-electron chi connectivity index (χ0n) is 10.1. The van der Waals surface area contributed by atoms with Gasteiger partial charge in [-0.3, -0.25) is 0 Å². The average molecular weight is 287 g/mol. The van der Waals surface area contributed by atoms with Gasteiger partial charge in [0.2, 0.25) is 10.1 Å². The summed E-state index contributed by atoms with van der Waals surface area (Å²) < 4.78 is 37.1. The van der Waals surface area contributed by atoms with Crippen LogP contribution >= 0.6 is 11.3 Å². The lowest BCUT2D eigenvalue weighted by Crippen LogP contribution is -2.17. The number of aromatic nitrogens is 2. The molecule has 1 unspecified atom stereocenters. The highest BCUT2D eigenvalue weighted by Crippen LogP contribution is 2.33. The van der Waals surface area contributed by atoms with Crippen molar-refractivity contribution in [3.8, 4) is 0 Å². The fraction of sp³-hybridized carbons (Fsp3) is 0.333. The van der Waals surface area contributed by atoms with Gasteiger partial charge in [-0.05, 0) is 18.9 Å². The number of nitrogens with zero attached hydrogens (tertiary/aromatic N) is 2. The van der Waals surface area contributed by atoms with Gasteiger partial charge in [-0.25, -0.2) is 0 Å². The second-order valence-electron chi connectivity index (χ2n) is 4.15. The van der Waals surface area contributed by atoms with Crippen molar-refractivity contribution in [2.24, 2.45) is 0 Å². The predicted molar refractivity (Wildman–Crippen MR) is 68.1 cm³/mol. The van der Waals surface area contributed by atoms with Crippen molar-refractivity contribution in [2.75, 3.05) is 5.32 Å². The van der Waals surface area contributed by atoms with Gasteiger partial charge in [0.25, 0.3) is 0 Å². The Hall–Kier alpha value is -1.63. The third-order valence-corrected chi connectivity index (χ3v) is 3.32. The minimum atomic E-state index is -4.43. The molecule has 0 aliphatic heterocycles. The van der Waals surface area contributed by atoms with Crippen molar-refractivity contribution in [2.45, 2.75) is 25.6 Å². The van der Waals surface area contributed by atoms with E-state index in [0.717, 1.165) is 5.56 Å². The Morgan fingerprint density at radius 2 is 1.89 bits per heavy atom. The summed E-state index contributed by atoms with van der Waals surface area (Å²) in [5.41, 5.74) is 1.11. The lowest BCUT2D eigenvalue weighted by atomic mass is 10.1. The van der Waals surface area contributed by atoms with Crippen LogP contribution in [-0.2, 0) is 12.6 Å². The normalized spacial score (nSPS) is 13.3. The molecule has 0 spiro atoms. The van der Waals surface area contributed by atoms with E-state index < -0.39 is 11.2 Å². The lowest BCUT2D eigenvalue weighted by Gasteiger charge is -2.12. The lowest BCUT2D eigenvalue weighted by molar-refractivity contribution is -0.138. The number of nitrogens with one attached hydrogen (secondary N) is 1. The number of rotatable bonds is 4. The molecule has 0 bridgehead atoms. The summed E-state index contributed by atoms with van der Waals surface area (Å²) >= 11 is 0.520. The van der Waals surface area contributed by atoms with Crippen LogP contribution in [0.1, 0.15) is 17.5 Å². The average Bonchev–Trinajstić information content (AvgIpc) is 2.78. The Morgan fingerprint density at radius 1 is 1.21 bits per heavy atom. The first-order valence-corrected chi connectivity index (χ1v) is 6.48. The van der Waals surface area contributed by atoms with Gasteiger partial charge in [-0.1, -0.05) is 41.7 Å². The number of halogens is 3. The summed E-state index contributed by atoms with van der Waals surface area (Å²) in [7, 11) is 0. The van der Waals surface area contributed by atoms with Gasteiger partial charge in [0.1, 0.15) is 0 Å². The van der Waals surface area contributed by atoms with Crippen LogP contribution in [0, 0.1) is 0 Å². The van der Waals surface area contributed by atoms with Gasteiger partial charge in [0.15, 0.2) is 0 Å². The molecule has 1 aromatic heterocycles. The summed E-state index contributed by atoms with van der Waals surface area (Å²) in [5, 5.41) is 8.82. The quantitative estimate of drug-likeness (QED) is 0.933. The Labute approximate surface area is 112 Å². The van der Waals surface area contributed by atoms with Crippen LogP contribution in [0.15, 0.2) is 30.3 Å². The second-order valence-corrected chi connectivity index (χ2v) is 5.12. The number of alkyl halides is 3. The molecule has 0 saturated carbocycles. The van der Waals surface area contributed by atoms with E-state index in [4.69, 9.17) is 0 Å². The van der Waals surface area contributed by atoms with Crippen LogP contribution in [0.4, 0.5) is 18.3 Å². The molecule has 1 aromatic carbocycles. The molecule has 102 valence electrons. The molecule has 2 rings (SSSR count). The maximum Gasteiger partial charge on any atom is 0.445 e. The fourth-order valence-corrected chi connectivity index (χ4v) is 2.35. The SMILES string of the molecule is CC(Cc1ccccc1)Nc1nnc(C(F)(F)F)s1. The van der Waals surface area contributed by atoms with Crippen molar-refractivity contribution in [3.63, 3.8) is 0 Å². The highest BCUT2D eigenvalue weighted by molar-refractivity contribution is 7.15.